The molecule has 2 fully saturated rings. The van der Waals surface area contributed by atoms with Gasteiger partial charge in [0.05, 0.1) is 5.71 Å². The van der Waals surface area contributed by atoms with Crippen molar-refractivity contribution >= 4 is 17.5 Å². The monoisotopic (exact) mass is 289 g/mol. The van der Waals surface area contributed by atoms with E-state index in [4.69, 9.17) is 0 Å². The maximum absolute atomic E-state index is 9.38. The molecular weight excluding hydrogens is 266 g/mol. The van der Waals surface area contributed by atoms with E-state index in [0.717, 1.165) is 23.6 Å². The van der Waals surface area contributed by atoms with Crippen LogP contribution in [-0.4, -0.2) is 16.7 Å². The molecule has 2 aliphatic carbocycles. The number of fused-ring (bicyclic) bond motifs is 2. The molecule has 2 aliphatic rings. The van der Waals surface area contributed by atoms with Crippen molar-refractivity contribution in [3.05, 3.63) is 35.9 Å². The summed E-state index contributed by atoms with van der Waals surface area (Å²) in [7, 11) is 0. The lowest BCUT2D eigenvalue weighted by Gasteiger charge is -2.37. The molecule has 108 valence electrons. The Morgan fingerprint density at radius 2 is 2.05 bits per heavy atom. The van der Waals surface area contributed by atoms with Gasteiger partial charge in [-0.3, -0.25) is 0 Å². The Balaban J connectivity index is 1.72. The maximum Gasteiger partial charge on any atom is 0.0649 e. The van der Waals surface area contributed by atoms with Gasteiger partial charge in [-0.15, -0.1) is 0 Å². The summed E-state index contributed by atoms with van der Waals surface area (Å²) >= 11 is 1.98. The van der Waals surface area contributed by atoms with Gasteiger partial charge in [-0.2, -0.15) is 11.8 Å². The molecule has 2 bridgehead atoms. The number of thioether (sulfide) groups is 1. The Kier molecular flexibility index (Phi) is 3.57. The molecule has 0 saturated heterocycles. The maximum atomic E-state index is 9.38. The predicted octanol–water partition coefficient (Wildman–Crippen LogP) is 4.58. The standard InChI is InChI=1S/C17H23NOS/c1-16(2)14-8-9-17(16,15(10-14)18-19)12-20-11-13-6-4-3-5-7-13/h3-7,14,19H,8-12H2,1-2H3/b18-15-. The van der Waals surface area contributed by atoms with Crippen LogP contribution in [0.15, 0.2) is 35.5 Å². The van der Waals surface area contributed by atoms with Crippen LogP contribution in [0.3, 0.4) is 0 Å². The van der Waals surface area contributed by atoms with Gasteiger partial charge in [0.2, 0.25) is 0 Å². The molecule has 2 atom stereocenters. The quantitative estimate of drug-likeness (QED) is 0.650. The van der Waals surface area contributed by atoms with Gasteiger partial charge in [0, 0.05) is 16.9 Å². The van der Waals surface area contributed by atoms with Crippen LogP contribution in [0.4, 0.5) is 0 Å². The van der Waals surface area contributed by atoms with Gasteiger partial charge < -0.3 is 5.21 Å². The summed E-state index contributed by atoms with van der Waals surface area (Å²) in [6.07, 6.45) is 3.47. The van der Waals surface area contributed by atoms with Crippen LogP contribution in [0.25, 0.3) is 0 Å². The van der Waals surface area contributed by atoms with Crippen molar-refractivity contribution in [3.8, 4) is 0 Å². The molecule has 0 amide bonds. The van der Waals surface area contributed by atoms with Gasteiger partial charge in [-0.05, 0) is 36.2 Å². The molecule has 1 N–H and O–H groups in total. The molecule has 1 aromatic rings. The first-order valence-electron chi connectivity index (χ1n) is 7.43. The second-order valence-electron chi connectivity index (χ2n) is 6.77. The first-order chi connectivity index (χ1) is 9.60. The van der Waals surface area contributed by atoms with Crippen LogP contribution in [-0.2, 0) is 5.75 Å². The van der Waals surface area contributed by atoms with Crippen LogP contribution in [0.1, 0.15) is 38.7 Å². The first kappa shape index (κ1) is 14.0. The summed E-state index contributed by atoms with van der Waals surface area (Å²) in [5.41, 5.74) is 2.82. The van der Waals surface area contributed by atoms with Gasteiger partial charge >= 0.3 is 0 Å². The van der Waals surface area contributed by atoms with E-state index < -0.39 is 0 Å². The Labute approximate surface area is 125 Å². The third kappa shape index (κ3) is 1.98. The average Bonchev–Trinajstić information content (AvgIpc) is 2.83. The third-order valence-electron chi connectivity index (χ3n) is 5.75. The second kappa shape index (κ2) is 5.10. The molecule has 2 saturated carbocycles. The number of rotatable bonds is 4. The molecule has 0 spiro atoms. The Hall–Kier alpha value is -0.960. The van der Waals surface area contributed by atoms with Crippen molar-refractivity contribution in [2.75, 3.05) is 5.75 Å². The summed E-state index contributed by atoms with van der Waals surface area (Å²) in [4.78, 5) is 0. The highest BCUT2D eigenvalue weighted by atomic mass is 32.2. The lowest BCUT2D eigenvalue weighted by Crippen LogP contribution is -2.38. The van der Waals surface area contributed by atoms with Crippen molar-refractivity contribution in [1.29, 1.82) is 0 Å². The van der Waals surface area contributed by atoms with E-state index in [-0.39, 0.29) is 10.8 Å². The average molecular weight is 289 g/mol. The molecular formula is C17H23NOS. The van der Waals surface area contributed by atoms with Crippen LogP contribution >= 0.6 is 11.8 Å². The highest BCUT2D eigenvalue weighted by molar-refractivity contribution is 7.98. The summed E-state index contributed by atoms with van der Waals surface area (Å²) in [5, 5.41) is 13.0. The first-order valence-corrected chi connectivity index (χ1v) is 8.59. The second-order valence-corrected chi connectivity index (χ2v) is 7.75. The van der Waals surface area contributed by atoms with E-state index in [1.807, 2.05) is 11.8 Å². The van der Waals surface area contributed by atoms with Crippen molar-refractivity contribution in [2.45, 2.75) is 38.9 Å². The largest absolute Gasteiger partial charge is 0.411 e. The molecule has 0 heterocycles. The van der Waals surface area contributed by atoms with Crippen molar-refractivity contribution < 1.29 is 5.21 Å². The van der Waals surface area contributed by atoms with E-state index in [1.54, 1.807) is 0 Å². The fourth-order valence-electron chi connectivity index (χ4n) is 4.19. The number of nitrogens with zero attached hydrogens (tertiary/aromatic N) is 1. The highest BCUT2D eigenvalue weighted by Gasteiger charge is 2.62. The minimum atomic E-state index is 0.117. The number of oxime groups is 1. The van der Waals surface area contributed by atoms with E-state index in [9.17, 15) is 5.21 Å². The molecule has 2 unspecified atom stereocenters. The topological polar surface area (TPSA) is 32.6 Å². The van der Waals surface area contributed by atoms with Gasteiger partial charge in [-0.1, -0.05) is 49.3 Å². The fraction of sp³-hybridized carbons (Fsp3) is 0.588. The van der Waals surface area contributed by atoms with Gasteiger partial charge in [0.1, 0.15) is 0 Å². The molecule has 0 aromatic heterocycles. The lowest BCUT2D eigenvalue weighted by atomic mass is 9.70. The van der Waals surface area contributed by atoms with E-state index in [2.05, 4.69) is 49.3 Å². The SMILES string of the molecule is CC1(C)C2CCC1(CSCc1ccccc1)/C(=N\O)C2. The third-order valence-corrected chi connectivity index (χ3v) is 6.98. The molecule has 3 heteroatoms. The van der Waals surface area contributed by atoms with Crippen molar-refractivity contribution in [3.63, 3.8) is 0 Å². The Morgan fingerprint density at radius 1 is 1.30 bits per heavy atom. The lowest BCUT2D eigenvalue weighted by molar-refractivity contribution is 0.194. The van der Waals surface area contributed by atoms with Crippen LogP contribution < -0.4 is 0 Å². The van der Waals surface area contributed by atoms with E-state index >= 15 is 0 Å². The summed E-state index contributed by atoms with van der Waals surface area (Å²) in [6.45, 7) is 4.73. The minimum Gasteiger partial charge on any atom is -0.411 e. The number of hydrogen-bond donors (Lipinski definition) is 1. The molecule has 2 nitrogen and oxygen atoms in total. The normalized spacial score (nSPS) is 32.9. The zero-order valence-corrected chi connectivity index (χ0v) is 13.1. The molecule has 20 heavy (non-hydrogen) atoms. The Morgan fingerprint density at radius 3 is 2.70 bits per heavy atom. The van der Waals surface area contributed by atoms with Gasteiger partial charge in [0.15, 0.2) is 0 Å². The van der Waals surface area contributed by atoms with Crippen LogP contribution in [0, 0.1) is 16.7 Å². The van der Waals surface area contributed by atoms with Crippen LogP contribution in [0.2, 0.25) is 0 Å². The summed E-state index contributed by atoms with van der Waals surface area (Å²) < 4.78 is 0. The van der Waals surface area contributed by atoms with Crippen molar-refractivity contribution in [2.24, 2.45) is 21.9 Å². The fourth-order valence-corrected chi connectivity index (χ4v) is 5.75. The zero-order chi connectivity index (χ0) is 14.2. The minimum absolute atomic E-state index is 0.117. The molecule has 0 aliphatic heterocycles. The number of benzene rings is 1. The van der Waals surface area contributed by atoms with E-state index in [0.29, 0.717) is 5.92 Å². The summed E-state index contributed by atoms with van der Waals surface area (Å²) in [6, 6.07) is 10.6. The number of hydrogen-bond acceptors (Lipinski definition) is 3. The Bertz CT molecular complexity index is 511. The molecule has 3 rings (SSSR count). The van der Waals surface area contributed by atoms with E-state index in [1.165, 1.54) is 18.4 Å². The molecule has 0 radical (unpaired) electrons. The van der Waals surface area contributed by atoms with Gasteiger partial charge in [-0.25, -0.2) is 0 Å². The summed E-state index contributed by atoms with van der Waals surface area (Å²) in [5.74, 6) is 2.82. The highest BCUT2D eigenvalue weighted by Crippen LogP contribution is 2.65. The van der Waals surface area contributed by atoms with Gasteiger partial charge in [0.25, 0.3) is 0 Å². The predicted molar refractivity (Wildman–Crippen MR) is 85.4 cm³/mol. The zero-order valence-electron chi connectivity index (χ0n) is 12.3. The smallest absolute Gasteiger partial charge is 0.0649 e. The van der Waals surface area contributed by atoms with Crippen molar-refractivity contribution in [1.82, 2.24) is 0 Å². The molecule has 1 aromatic carbocycles. The van der Waals surface area contributed by atoms with Crippen LogP contribution in [0.5, 0.6) is 0 Å².